The second kappa shape index (κ2) is 5.38. The van der Waals surface area contributed by atoms with Crippen molar-refractivity contribution in [3.63, 3.8) is 0 Å². The highest BCUT2D eigenvalue weighted by atomic mass is 35.5. The van der Waals surface area contributed by atoms with Crippen molar-refractivity contribution >= 4 is 27.2 Å². The van der Waals surface area contributed by atoms with Crippen LogP contribution in [-0.4, -0.2) is 33.2 Å². The van der Waals surface area contributed by atoms with Gasteiger partial charge in [-0.25, -0.2) is 8.42 Å². The fourth-order valence-electron chi connectivity index (χ4n) is 1.82. The molecule has 2 rings (SSSR count). The van der Waals surface area contributed by atoms with Gasteiger partial charge in [0.2, 0.25) is 0 Å². The molecule has 1 unspecified atom stereocenters. The standard InChI is InChI=1S/C12H13ClO4S/c13-10-1-3-11(4-2-10)18(15,16)8-12(14)9-5-6-17-7-9/h1-4,9H,5-8H2. The SMILES string of the molecule is O=C(CS(=O)(=O)c1ccc(Cl)cc1)C1CCOC1. The van der Waals surface area contributed by atoms with Crippen LogP contribution >= 0.6 is 11.6 Å². The van der Waals surface area contributed by atoms with Crippen LogP contribution in [0.15, 0.2) is 29.2 Å². The Morgan fingerprint density at radius 2 is 2.00 bits per heavy atom. The molecular formula is C12H13ClO4S. The van der Waals surface area contributed by atoms with Gasteiger partial charge in [-0.2, -0.15) is 0 Å². The summed E-state index contributed by atoms with van der Waals surface area (Å²) in [5, 5.41) is 0.462. The first-order valence-corrected chi connectivity index (χ1v) is 7.61. The van der Waals surface area contributed by atoms with E-state index >= 15 is 0 Å². The molecule has 4 nitrogen and oxygen atoms in total. The molecule has 1 aromatic carbocycles. The normalized spacial score (nSPS) is 19.9. The number of hydrogen-bond donors (Lipinski definition) is 0. The molecule has 0 amide bonds. The number of Topliss-reactive ketones (excluding diaryl/α,β-unsaturated/α-hetero) is 1. The van der Waals surface area contributed by atoms with Gasteiger partial charge >= 0.3 is 0 Å². The Hall–Kier alpha value is -0.910. The van der Waals surface area contributed by atoms with E-state index < -0.39 is 15.6 Å². The second-order valence-electron chi connectivity index (χ2n) is 4.24. The highest BCUT2D eigenvalue weighted by Gasteiger charge is 2.28. The largest absolute Gasteiger partial charge is 0.381 e. The summed E-state index contributed by atoms with van der Waals surface area (Å²) in [6, 6.07) is 5.82. The molecule has 6 heteroatoms. The highest BCUT2D eigenvalue weighted by Crippen LogP contribution is 2.19. The number of halogens is 1. The van der Waals surface area contributed by atoms with Crippen molar-refractivity contribution < 1.29 is 17.9 Å². The molecular weight excluding hydrogens is 276 g/mol. The summed E-state index contributed by atoms with van der Waals surface area (Å²) in [6.07, 6.45) is 0.606. The van der Waals surface area contributed by atoms with Gasteiger partial charge in [-0.3, -0.25) is 4.79 Å². The van der Waals surface area contributed by atoms with E-state index in [1.54, 1.807) is 0 Å². The number of ketones is 1. The van der Waals surface area contributed by atoms with E-state index in [-0.39, 0.29) is 16.6 Å². The Morgan fingerprint density at radius 3 is 2.56 bits per heavy atom. The summed E-state index contributed by atoms with van der Waals surface area (Å²) in [6.45, 7) is 0.854. The van der Waals surface area contributed by atoms with Crippen LogP contribution in [0.3, 0.4) is 0 Å². The molecule has 98 valence electrons. The minimum Gasteiger partial charge on any atom is -0.381 e. The van der Waals surface area contributed by atoms with E-state index in [1.807, 2.05) is 0 Å². The van der Waals surface area contributed by atoms with Crippen LogP contribution in [0.5, 0.6) is 0 Å². The molecule has 0 bridgehead atoms. The quantitative estimate of drug-likeness (QED) is 0.846. The Bertz CT molecular complexity index is 530. The summed E-state index contributed by atoms with van der Waals surface area (Å²) in [7, 11) is -3.58. The predicted octanol–water partition coefficient (Wildman–Crippen LogP) is 1.72. The van der Waals surface area contributed by atoms with E-state index in [0.717, 1.165) is 0 Å². The predicted molar refractivity (Wildman–Crippen MR) is 67.4 cm³/mol. The summed E-state index contributed by atoms with van der Waals surface area (Å²) < 4.78 is 29.1. The summed E-state index contributed by atoms with van der Waals surface area (Å²) in [4.78, 5) is 11.9. The van der Waals surface area contributed by atoms with E-state index in [0.29, 0.717) is 24.7 Å². The van der Waals surface area contributed by atoms with Crippen LogP contribution in [-0.2, 0) is 19.4 Å². The van der Waals surface area contributed by atoms with Crippen LogP contribution in [0.1, 0.15) is 6.42 Å². The Morgan fingerprint density at radius 1 is 1.33 bits per heavy atom. The Balaban J connectivity index is 2.11. The first-order valence-electron chi connectivity index (χ1n) is 5.58. The number of carbonyl (C=O) groups excluding carboxylic acids is 1. The van der Waals surface area contributed by atoms with Gasteiger partial charge in [0.15, 0.2) is 15.6 Å². The average molecular weight is 289 g/mol. The van der Waals surface area contributed by atoms with E-state index in [9.17, 15) is 13.2 Å². The minimum atomic E-state index is -3.58. The number of hydrogen-bond acceptors (Lipinski definition) is 4. The van der Waals surface area contributed by atoms with E-state index in [1.165, 1.54) is 24.3 Å². The molecule has 1 fully saturated rings. The third-order valence-electron chi connectivity index (χ3n) is 2.89. The summed E-state index contributed by atoms with van der Waals surface area (Å²) in [5.41, 5.74) is 0. The van der Waals surface area contributed by atoms with Crippen molar-refractivity contribution in [1.82, 2.24) is 0 Å². The van der Waals surface area contributed by atoms with Crippen molar-refractivity contribution in [2.45, 2.75) is 11.3 Å². The molecule has 1 saturated heterocycles. The lowest BCUT2D eigenvalue weighted by atomic mass is 10.1. The first-order chi connectivity index (χ1) is 8.49. The van der Waals surface area contributed by atoms with Gasteiger partial charge in [0.25, 0.3) is 0 Å². The van der Waals surface area contributed by atoms with Gasteiger partial charge in [-0.05, 0) is 30.7 Å². The lowest BCUT2D eigenvalue weighted by Crippen LogP contribution is -2.24. The van der Waals surface area contributed by atoms with Crippen molar-refractivity contribution in [2.75, 3.05) is 19.0 Å². The van der Waals surface area contributed by atoms with Crippen molar-refractivity contribution in [3.8, 4) is 0 Å². The lowest BCUT2D eigenvalue weighted by Gasteiger charge is -2.07. The molecule has 0 aliphatic carbocycles. The van der Waals surface area contributed by atoms with Gasteiger partial charge in [0.05, 0.1) is 11.5 Å². The maximum absolute atomic E-state index is 12.0. The minimum absolute atomic E-state index is 0.124. The smallest absolute Gasteiger partial charge is 0.185 e. The van der Waals surface area contributed by atoms with Crippen LogP contribution in [0.25, 0.3) is 0 Å². The molecule has 1 aromatic rings. The van der Waals surface area contributed by atoms with Crippen LogP contribution in [0.4, 0.5) is 0 Å². The third kappa shape index (κ3) is 3.10. The molecule has 1 aliphatic heterocycles. The fraction of sp³-hybridized carbons (Fsp3) is 0.417. The number of rotatable bonds is 4. The molecule has 18 heavy (non-hydrogen) atoms. The molecule has 1 heterocycles. The van der Waals surface area contributed by atoms with Gasteiger partial charge in [-0.1, -0.05) is 11.6 Å². The van der Waals surface area contributed by atoms with E-state index in [4.69, 9.17) is 16.3 Å². The van der Waals surface area contributed by atoms with Crippen LogP contribution < -0.4 is 0 Å². The van der Waals surface area contributed by atoms with Gasteiger partial charge in [-0.15, -0.1) is 0 Å². The molecule has 0 aromatic heterocycles. The zero-order valence-corrected chi connectivity index (χ0v) is 11.2. The lowest BCUT2D eigenvalue weighted by molar-refractivity contribution is -0.120. The molecule has 0 radical (unpaired) electrons. The first kappa shape index (κ1) is 13.5. The maximum atomic E-state index is 12.0. The maximum Gasteiger partial charge on any atom is 0.185 e. The fourth-order valence-corrected chi connectivity index (χ4v) is 3.27. The Kier molecular flexibility index (Phi) is 4.04. The summed E-state index contributed by atoms with van der Waals surface area (Å²) >= 11 is 5.69. The van der Waals surface area contributed by atoms with Crippen molar-refractivity contribution in [1.29, 1.82) is 0 Å². The average Bonchev–Trinajstić information content (AvgIpc) is 2.82. The number of sulfone groups is 1. The van der Waals surface area contributed by atoms with Gasteiger partial charge < -0.3 is 4.74 Å². The van der Waals surface area contributed by atoms with Crippen LogP contribution in [0.2, 0.25) is 5.02 Å². The van der Waals surface area contributed by atoms with E-state index in [2.05, 4.69) is 0 Å². The van der Waals surface area contributed by atoms with Crippen molar-refractivity contribution in [3.05, 3.63) is 29.3 Å². The number of benzene rings is 1. The molecule has 1 aliphatic rings. The van der Waals surface area contributed by atoms with Crippen LogP contribution in [0, 0.1) is 5.92 Å². The molecule has 1 atom stereocenters. The van der Waals surface area contributed by atoms with Crippen molar-refractivity contribution in [2.24, 2.45) is 5.92 Å². The van der Waals surface area contributed by atoms with Gasteiger partial charge in [0.1, 0.15) is 5.75 Å². The highest BCUT2D eigenvalue weighted by molar-refractivity contribution is 7.92. The third-order valence-corrected chi connectivity index (χ3v) is 4.80. The zero-order valence-electron chi connectivity index (χ0n) is 9.63. The monoisotopic (exact) mass is 288 g/mol. The topological polar surface area (TPSA) is 60.4 Å². The number of ether oxygens (including phenoxy) is 1. The molecule has 0 saturated carbocycles. The molecule has 0 spiro atoms. The second-order valence-corrected chi connectivity index (χ2v) is 6.67. The van der Waals surface area contributed by atoms with Gasteiger partial charge in [0, 0.05) is 17.5 Å². The summed E-state index contributed by atoms with van der Waals surface area (Å²) in [5.74, 6) is -1.03. The number of carbonyl (C=O) groups is 1. The molecule has 0 N–H and O–H groups in total. The Labute approximate surface area is 111 Å². The zero-order chi connectivity index (χ0) is 13.2.